The van der Waals surface area contributed by atoms with Gasteiger partial charge in [0.15, 0.2) is 0 Å². The number of hydrogen-bond acceptors (Lipinski definition) is 1. The van der Waals surface area contributed by atoms with E-state index in [1.807, 2.05) is 52.0 Å². The molecular formula is C17H23N. The van der Waals surface area contributed by atoms with E-state index in [0.29, 0.717) is 0 Å². The largest absolute Gasteiger partial charge is 0.248 e. The second kappa shape index (κ2) is 9.17. The summed E-state index contributed by atoms with van der Waals surface area (Å²) in [5.74, 6) is 0. The van der Waals surface area contributed by atoms with Crippen LogP contribution >= 0.6 is 0 Å². The Morgan fingerprint density at radius 2 is 1.78 bits per heavy atom. The molecule has 1 aromatic heterocycles. The van der Waals surface area contributed by atoms with E-state index in [1.165, 1.54) is 0 Å². The predicted molar refractivity (Wildman–Crippen MR) is 84.4 cm³/mol. The second-order valence-corrected chi connectivity index (χ2v) is 3.33. The molecule has 0 N–H and O–H groups in total. The molecule has 0 aliphatic heterocycles. The molecule has 0 atom stereocenters. The van der Waals surface area contributed by atoms with Crippen molar-refractivity contribution in [3.05, 3.63) is 53.2 Å². The van der Waals surface area contributed by atoms with Crippen LogP contribution in [0.2, 0.25) is 0 Å². The molecule has 1 aromatic rings. The molecule has 0 aromatic carbocycles. The summed E-state index contributed by atoms with van der Waals surface area (Å²) in [5.41, 5.74) is 1.89. The van der Waals surface area contributed by atoms with Crippen LogP contribution in [0.15, 0.2) is 31.4 Å². The molecule has 0 spiro atoms. The molecule has 0 aliphatic rings. The smallest absolute Gasteiger partial charge is 0.0706 e. The zero-order chi connectivity index (χ0) is 14.0. The molecule has 0 radical (unpaired) electrons. The van der Waals surface area contributed by atoms with Gasteiger partial charge in [0.05, 0.1) is 11.0 Å². The summed E-state index contributed by atoms with van der Waals surface area (Å²) in [7, 11) is 0. The standard InChI is InChI=1S/C15H17N.C2H6/c1-5-9-10-15-13(7-3)11-12(6-2)14(8-4)16-15;1-2/h5-11H,2,4H2,1,3H3;1-2H3/b9-5-,13-7-,15-10+;. The van der Waals surface area contributed by atoms with Gasteiger partial charge in [-0.2, -0.15) is 0 Å². The van der Waals surface area contributed by atoms with Gasteiger partial charge in [-0.1, -0.05) is 51.3 Å². The van der Waals surface area contributed by atoms with E-state index < -0.39 is 0 Å². The van der Waals surface area contributed by atoms with Crippen LogP contribution in [0.3, 0.4) is 0 Å². The van der Waals surface area contributed by atoms with Crippen molar-refractivity contribution in [3.63, 3.8) is 0 Å². The van der Waals surface area contributed by atoms with Crippen LogP contribution in [-0.2, 0) is 0 Å². The lowest BCUT2D eigenvalue weighted by Crippen LogP contribution is -2.29. The first-order valence-corrected chi connectivity index (χ1v) is 6.32. The van der Waals surface area contributed by atoms with Crippen LogP contribution in [0.25, 0.3) is 24.3 Å². The van der Waals surface area contributed by atoms with Crippen LogP contribution in [0.5, 0.6) is 0 Å². The minimum atomic E-state index is 0.872. The Morgan fingerprint density at radius 3 is 2.22 bits per heavy atom. The molecule has 1 nitrogen and oxygen atoms in total. The Hall–Kier alpha value is -1.89. The minimum Gasteiger partial charge on any atom is -0.248 e. The highest BCUT2D eigenvalue weighted by molar-refractivity contribution is 5.61. The monoisotopic (exact) mass is 241 g/mol. The number of hydrogen-bond donors (Lipinski definition) is 0. The quantitative estimate of drug-likeness (QED) is 0.788. The van der Waals surface area contributed by atoms with Crippen molar-refractivity contribution < 1.29 is 0 Å². The normalized spacial score (nSPS) is 12.2. The molecule has 0 unspecified atom stereocenters. The molecule has 1 heterocycles. The van der Waals surface area contributed by atoms with E-state index in [2.05, 4.69) is 24.2 Å². The number of rotatable bonds is 3. The summed E-state index contributed by atoms with van der Waals surface area (Å²) >= 11 is 0. The minimum absolute atomic E-state index is 0.872. The van der Waals surface area contributed by atoms with Crippen LogP contribution in [0.4, 0.5) is 0 Å². The zero-order valence-corrected chi connectivity index (χ0v) is 11.9. The Balaban J connectivity index is 0.00000137. The van der Waals surface area contributed by atoms with Crippen molar-refractivity contribution in [1.82, 2.24) is 4.98 Å². The van der Waals surface area contributed by atoms with Gasteiger partial charge in [0.2, 0.25) is 0 Å². The second-order valence-electron chi connectivity index (χ2n) is 3.33. The summed E-state index contributed by atoms with van der Waals surface area (Å²) in [4.78, 5) is 4.54. The highest BCUT2D eigenvalue weighted by atomic mass is 14.7. The van der Waals surface area contributed by atoms with Crippen LogP contribution in [0.1, 0.15) is 39.0 Å². The number of allylic oxidation sites excluding steroid dienone is 2. The first kappa shape index (κ1) is 16.1. The Kier molecular flexibility index (Phi) is 8.21. The van der Waals surface area contributed by atoms with Crippen molar-refractivity contribution in [2.45, 2.75) is 27.7 Å². The van der Waals surface area contributed by atoms with Gasteiger partial charge < -0.3 is 0 Å². The van der Waals surface area contributed by atoms with Gasteiger partial charge in [0.1, 0.15) is 0 Å². The molecule has 0 saturated carbocycles. The van der Waals surface area contributed by atoms with Crippen molar-refractivity contribution in [3.8, 4) is 0 Å². The molecule has 18 heavy (non-hydrogen) atoms. The summed E-state index contributed by atoms with van der Waals surface area (Å²) in [5, 5.41) is 2.07. The molecule has 0 amide bonds. The molecule has 0 aliphatic carbocycles. The van der Waals surface area contributed by atoms with Gasteiger partial charge in [-0.25, -0.2) is 4.98 Å². The lowest BCUT2D eigenvalue weighted by molar-refractivity contribution is 1.19. The van der Waals surface area contributed by atoms with Crippen LogP contribution < -0.4 is 10.6 Å². The first-order valence-electron chi connectivity index (χ1n) is 6.32. The SMILES string of the molecule is C=Cc1cc(=C/C)/c(=C\C=C/C)nc1C=C.CC. The molecular weight excluding hydrogens is 218 g/mol. The Labute approximate surface area is 111 Å². The third kappa shape index (κ3) is 4.17. The highest BCUT2D eigenvalue weighted by Crippen LogP contribution is 2.03. The fourth-order valence-corrected chi connectivity index (χ4v) is 1.45. The highest BCUT2D eigenvalue weighted by Gasteiger charge is 1.97. The average molecular weight is 241 g/mol. The van der Waals surface area contributed by atoms with E-state index in [9.17, 15) is 0 Å². The molecule has 96 valence electrons. The van der Waals surface area contributed by atoms with E-state index >= 15 is 0 Å². The predicted octanol–water partition coefficient (Wildman–Crippen LogP) is 3.55. The molecule has 1 rings (SSSR count). The molecule has 0 bridgehead atoms. The van der Waals surface area contributed by atoms with Crippen molar-refractivity contribution >= 4 is 24.3 Å². The van der Waals surface area contributed by atoms with Crippen molar-refractivity contribution in [2.75, 3.05) is 0 Å². The van der Waals surface area contributed by atoms with Crippen LogP contribution in [0, 0.1) is 0 Å². The van der Waals surface area contributed by atoms with Gasteiger partial charge in [-0.05, 0) is 37.3 Å². The third-order valence-corrected chi connectivity index (χ3v) is 2.31. The lowest BCUT2D eigenvalue weighted by atomic mass is 10.1. The van der Waals surface area contributed by atoms with E-state index in [1.54, 1.807) is 12.2 Å². The number of pyridine rings is 1. The molecule has 0 saturated heterocycles. The Bertz CT molecular complexity index is 533. The van der Waals surface area contributed by atoms with Crippen molar-refractivity contribution in [1.29, 1.82) is 0 Å². The van der Waals surface area contributed by atoms with E-state index in [4.69, 9.17) is 0 Å². The topological polar surface area (TPSA) is 12.9 Å². The fraction of sp³-hybridized carbons (Fsp3) is 0.235. The Morgan fingerprint density at radius 1 is 1.11 bits per heavy atom. The van der Waals surface area contributed by atoms with Crippen molar-refractivity contribution in [2.24, 2.45) is 0 Å². The molecule has 1 heteroatoms. The van der Waals surface area contributed by atoms with Gasteiger partial charge in [0, 0.05) is 5.56 Å². The summed E-state index contributed by atoms with van der Waals surface area (Å²) in [6.45, 7) is 15.5. The maximum atomic E-state index is 4.54. The first-order chi connectivity index (χ1) is 8.76. The summed E-state index contributed by atoms with van der Waals surface area (Å²) in [6.07, 6.45) is 11.6. The van der Waals surface area contributed by atoms with E-state index in [0.717, 1.165) is 21.8 Å². The number of nitrogens with zero attached hydrogens (tertiary/aromatic N) is 1. The number of aromatic nitrogens is 1. The van der Waals surface area contributed by atoms with Crippen LogP contribution in [-0.4, -0.2) is 4.98 Å². The maximum Gasteiger partial charge on any atom is 0.0706 e. The van der Waals surface area contributed by atoms with E-state index in [-0.39, 0.29) is 0 Å². The fourth-order valence-electron chi connectivity index (χ4n) is 1.45. The molecule has 0 fully saturated rings. The maximum absolute atomic E-state index is 4.54. The zero-order valence-electron chi connectivity index (χ0n) is 11.9. The summed E-state index contributed by atoms with van der Waals surface area (Å²) in [6, 6.07) is 2.08. The average Bonchev–Trinajstić information content (AvgIpc) is 2.46. The lowest BCUT2D eigenvalue weighted by Gasteiger charge is -2.00. The van der Waals surface area contributed by atoms with Gasteiger partial charge in [-0.3, -0.25) is 0 Å². The van der Waals surface area contributed by atoms with Gasteiger partial charge in [-0.15, -0.1) is 0 Å². The van der Waals surface area contributed by atoms with Gasteiger partial charge >= 0.3 is 0 Å². The van der Waals surface area contributed by atoms with Gasteiger partial charge in [0.25, 0.3) is 0 Å². The third-order valence-electron chi connectivity index (χ3n) is 2.31. The summed E-state index contributed by atoms with van der Waals surface area (Å²) < 4.78 is 0.